The lowest BCUT2D eigenvalue weighted by molar-refractivity contribution is 0.148. The van der Waals surface area contributed by atoms with Crippen LogP contribution in [0.5, 0.6) is 5.75 Å². The Kier molecular flexibility index (Phi) is 6.91. The summed E-state index contributed by atoms with van der Waals surface area (Å²) in [6.45, 7) is 14.9. The zero-order chi connectivity index (χ0) is 16.8. The standard InChI is InChI=1S/C20H34N2O/c1-16(2)20(10-11-22-14-12-21(5)13-15-22)18-6-8-19(9-7-18)23-17(3)4/h6-9,16-17,20H,10-15H2,1-5H3/t20-/m0/s1. The van der Waals surface area contributed by atoms with E-state index in [2.05, 4.69) is 68.8 Å². The van der Waals surface area contributed by atoms with Gasteiger partial charge >= 0.3 is 0 Å². The second-order valence-corrected chi connectivity index (χ2v) is 7.52. The molecule has 2 rings (SSSR count). The van der Waals surface area contributed by atoms with Crippen LogP contribution in [0.15, 0.2) is 24.3 Å². The molecule has 130 valence electrons. The first-order chi connectivity index (χ1) is 11.0. The first-order valence-electron chi connectivity index (χ1n) is 9.13. The van der Waals surface area contributed by atoms with Crippen LogP contribution in [0.2, 0.25) is 0 Å². The number of likely N-dealkylation sites (N-methyl/N-ethyl adjacent to an activating group) is 1. The molecular formula is C20H34N2O. The number of nitrogens with zero attached hydrogens (tertiary/aromatic N) is 2. The number of rotatable bonds is 7. The fourth-order valence-electron chi connectivity index (χ4n) is 3.34. The van der Waals surface area contributed by atoms with Gasteiger partial charge in [0.25, 0.3) is 0 Å². The van der Waals surface area contributed by atoms with Gasteiger partial charge in [0, 0.05) is 26.2 Å². The van der Waals surface area contributed by atoms with E-state index in [1.54, 1.807) is 0 Å². The van der Waals surface area contributed by atoms with E-state index in [0.717, 1.165) is 5.75 Å². The van der Waals surface area contributed by atoms with Gasteiger partial charge < -0.3 is 14.5 Å². The molecule has 0 bridgehead atoms. The smallest absolute Gasteiger partial charge is 0.119 e. The van der Waals surface area contributed by atoms with Gasteiger partial charge in [-0.05, 0) is 63.4 Å². The predicted molar refractivity (Wildman–Crippen MR) is 98.3 cm³/mol. The summed E-state index contributed by atoms with van der Waals surface area (Å²) >= 11 is 0. The number of hydrogen-bond acceptors (Lipinski definition) is 3. The van der Waals surface area contributed by atoms with E-state index in [0.29, 0.717) is 11.8 Å². The van der Waals surface area contributed by atoms with Crippen LogP contribution in [-0.2, 0) is 0 Å². The van der Waals surface area contributed by atoms with Crippen molar-refractivity contribution in [1.82, 2.24) is 9.80 Å². The summed E-state index contributed by atoms with van der Waals surface area (Å²) in [6, 6.07) is 8.76. The molecule has 1 heterocycles. The molecule has 0 radical (unpaired) electrons. The second-order valence-electron chi connectivity index (χ2n) is 7.52. The summed E-state index contributed by atoms with van der Waals surface area (Å²) in [4.78, 5) is 5.04. The SMILES string of the molecule is CC(C)Oc1ccc([C@@H](CCN2CCN(C)CC2)C(C)C)cc1. The van der Waals surface area contributed by atoms with Crippen LogP contribution in [0.4, 0.5) is 0 Å². The van der Waals surface area contributed by atoms with Gasteiger partial charge in [-0.25, -0.2) is 0 Å². The molecule has 1 aliphatic rings. The summed E-state index contributed by atoms with van der Waals surface area (Å²) in [7, 11) is 2.22. The summed E-state index contributed by atoms with van der Waals surface area (Å²) in [5.41, 5.74) is 1.45. The predicted octanol–water partition coefficient (Wildman–Crippen LogP) is 3.85. The van der Waals surface area contributed by atoms with Gasteiger partial charge in [0.2, 0.25) is 0 Å². The van der Waals surface area contributed by atoms with E-state index >= 15 is 0 Å². The Bertz CT molecular complexity index is 447. The van der Waals surface area contributed by atoms with E-state index < -0.39 is 0 Å². The Labute approximate surface area is 142 Å². The molecule has 3 heteroatoms. The lowest BCUT2D eigenvalue weighted by Crippen LogP contribution is -2.45. The van der Waals surface area contributed by atoms with E-state index in [4.69, 9.17) is 4.74 Å². The summed E-state index contributed by atoms with van der Waals surface area (Å²) in [5.74, 6) is 2.27. The molecule has 0 spiro atoms. The zero-order valence-corrected chi connectivity index (χ0v) is 15.6. The van der Waals surface area contributed by atoms with Gasteiger partial charge in [0.05, 0.1) is 6.10 Å². The number of ether oxygens (including phenoxy) is 1. The highest BCUT2D eigenvalue weighted by atomic mass is 16.5. The molecule has 1 saturated heterocycles. The van der Waals surface area contributed by atoms with Crippen LogP contribution in [-0.4, -0.2) is 55.7 Å². The maximum atomic E-state index is 5.76. The minimum atomic E-state index is 0.235. The van der Waals surface area contributed by atoms with Crippen LogP contribution < -0.4 is 4.74 Å². The van der Waals surface area contributed by atoms with Gasteiger partial charge in [-0.2, -0.15) is 0 Å². The minimum absolute atomic E-state index is 0.235. The second kappa shape index (κ2) is 8.70. The molecule has 0 N–H and O–H groups in total. The quantitative estimate of drug-likeness (QED) is 0.759. The molecule has 0 saturated carbocycles. The van der Waals surface area contributed by atoms with Gasteiger partial charge in [0.15, 0.2) is 0 Å². The third kappa shape index (κ3) is 5.82. The van der Waals surface area contributed by atoms with E-state index in [-0.39, 0.29) is 6.10 Å². The molecule has 3 nitrogen and oxygen atoms in total. The first-order valence-corrected chi connectivity index (χ1v) is 9.13. The molecule has 0 aromatic heterocycles. The van der Waals surface area contributed by atoms with Crippen LogP contribution in [0.3, 0.4) is 0 Å². The van der Waals surface area contributed by atoms with Crippen molar-refractivity contribution < 1.29 is 4.74 Å². The molecule has 23 heavy (non-hydrogen) atoms. The number of benzene rings is 1. The Morgan fingerprint density at radius 1 is 0.957 bits per heavy atom. The Balaban J connectivity index is 1.92. The normalized spacial score (nSPS) is 18.6. The zero-order valence-electron chi connectivity index (χ0n) is 15.6. The number of hydrogen-bond donors (Lipinski definition) is 0. The van der Waals surface area contributed by atoms with Crippen molar-refractivity contribution >= 4 is 0 Å². The summed E-state index contributed by atoms with van der Waals surface area (Å²) < 4.78 is 5.76. The fourth-order valence-corrected chi connectivity index (χ4v) is 3.34. The van der Waals surface area contributed by atoms with Gasteiger partial charge in [-0.3, -0.25) is 0 Å². The van der Waals surface area contributed by atoms with Crippen molar-refractivity contribution in [2.24, 2.45) is 5.92 Å². The van der Waals surface area contributed by atoms with Crippen molar-refractivity contribution in [2.75, 3.05) is 39.8 Å². The maximum Gasteiger partial charge on any atom is 0.119 e. The average Bonchev–Trinajstić information content (AvgIpc) is 2.50. The summed E-state index contributed by atoms with van der Waals surface area (Å²) in [6.07, 6.45) is 1.48. The topological polar surface area (TPSA) is 15.7 Å². The van der Waals surface area contributed by atoms with Crippen molar-refractivity contribution in [3.63, 3.8) is 0 Å². The lowest BCUT2D eigenvalue weighted by atomic mass is 9.85. The lowest BCUT2D eigenvalue weighted by Gasteiger charge is -2.33. The highest BCUT2D eigenvalue weighted by Gasteiger charge is 2.19. The highest BCUT2D eigenvalue weighted by molar-refractivity contribution is 5.30. The molecule has 0 amide bonds. The first kappa shape index (κ1) is 18.3. The molecule has 1 aromatic carbocycles. The molecule has 1 aromatic rings. The Hall–Kier alpha value is -1.06. The van der Waals surface area contributed by atoms with Crippen LogP contribution >= 0.6 is 0 Å². The van der Waals surface area contributed by atoms with Gasteiger partial charge in [-0.15, -0.1) is 0 Å². The van der Waals surface area contributed by atoms with Crippen molar-refractivity contribution in [3.8, 4) is 5.75 Å². The maximum absolute atomic E-state index is 5.76. The molecule has 1 aliphatic heterocycles. The third-order valence-electron chi connectivity index (χ3n) is 4.84. The van der Waals surface area contributed by atoms with Crippen LogP contribution in [0, 0.1) is 5.92 Å². The molecule has 1 fully saturated rings. The van der Waals surface area contributed by atoms with Crippen LogP contribution in [0.25, 0.3) is 0 Å². The van der Waals surface area contributed by atoms with E-state index in [1.807, 2.05) is 0 Å². The van der Waals surface area contributed by atoms with Crippen LogP contribution in [0.1, 0.15) is 45.6 Å². The average molecular weight is 319 g/mol. The summed E-state index contributed by atoms with van der Waals surface area (Å²) in [5, 5.41) is 0. The minimum Gasteiger partial charge on any atom is -0.491 e. The van der Waals surface area contributed by atoms with E-state index in [9.17, 15) is 0 Å². The fraction of sp³-hybridized carbons (Fsp3) is 0.700. The number of piperazine rings is 1. The third-order valence-corrected chi connectivity index (χ3v) is 4.84. The molecular weight excluding hydrogens is 284 g/mol. The van der Waals surface area contributed by atoms with Gasteiger partial charge in [-0.1, -0.05) is 26.0 Å². The monoisotopic (exact) mass is 318 g/mol. The largest absolute Gasteiger partial charge is 0.491 e. The van der Waals surface area contributed by atoms with Crippen molar-refractivity contribution in [2.45, 2.75) is 46.1 Å². The molecule has 0 aliphatic carbocycles. The van der Waals surface area contributed by atoms with Gasteiger partial charge in [0.1, 0.15) is 5.75 Å². The molecule has 1 atom stereocenters. The Morgan fingerprint density at radius 2 is 1.57 bits per heavy atom. The van der Waals surface area contributed by atoms with Crippen molar-refractivity contribution in [3.05, 3.63) is 29.8 Å². The molecule has 0 unspecified atom stereocenters. The van der Waals surface area contributed by atoms with Crippen molar-refractivity contribution in [1.29, 1.82) is 0 Å². The highest BCUT2D eigenvalue weighted by Crippen LogP contribution is 2.29. The Morgan fingerprint density at radius 3 is 2.09 bits per heavy atom. The van der Waals surface area contributed by atoms with E-state index in [1.165, 1.54) is 44.7 Å².